The first-order valence-corrected chi connectivity index (χ1v) is 8.53. The summed E-state index contributed by atoms with van der Waals surface area (Å²) in [6, 6.07) is 11.3. The third kappa shape index (κ3) is 3.58. The van der Waals surface area contributed by atoms with Gasteiger partial charge in [0.05, 0.1) is 10.5 Å². The van der Waals surface area contributed by atoms with E-state index in [2.05, 4.69) is 15.9 Å². The quantitative estimate of drug-likeness (QED) is 0.626. The Kier molecular flexibility index (Phi) is 4.89. The average Bonchev–Trinajstić information content (AvgIpc) is 2.63. The molecule has 2 aromatic rings. The van der Waals surface area contributed by atoms with Gasteiger partial charge in [0.1, 0.15) is 11.4 Å². The van der Waals surface area contributed by atoms with Crippen LogP contribution in [-0.2, 0) is 0 Å². The Bertz CT molecular complexity index is 819. The van der Waals surface area contributed by atoms with Crippen molar-refractivity contribution >= 4 is 33.2 Å². The lowest BCUT2D eigenvalue weighted by molar-refractivity contribution is -0.384. The standard InChI is InChI=1S/C17H16BrN3O4/c18-12-5-6-16(22)13(11-12)17(23)20-9-7-19(8-10-20)14-3-1-2-4-15(14)21(24)25/h1-6,11,22H,7-10H2. The molecule has 8 heteroatoms. The molecule has 0 atom stereocenters. The zero-order valence-electron chi connectivity index (χ0n) is 13.3. The smallest absolute Gasteiger partial charge is 0.292 e. The maximum absolute atomic E-state index is 12.6. The molecule has 130 valence electrons. The molecule has 3 rings (SSSR count). The molecule has 1 heterocycles. The van der Waals surface area contributed by atoms with Gasteiger partial charge >= 0.3 is 0 Å². The zero-order chi connectivity index (χ0) is 18.0. The number of rotatable bonds is 3. The first-order valence-electron chi connectivity index (χ1n) is 7.73. The van der Waals surface area contributed by atoms with Gasteiger partial charge in [-0.25, -0.2) is 0 Å². The largest absolute Gasteiger partial charge is 0.507 e. The summed E-state index contributed by atoms with van der Waals surface area (Å²) in [4.78, 5) is 26.9. The summed E-state index contributed by atoms with van der Waals surface area (Å²) >= 11 is 3.30. The van der Waals surface area contributed by atoms with Gasteiger partial charge in [0.15, 0.2) is 0 Å². The Morgan fingerprint density at radius 1 is 1.12 bits per heavy atom. The highest BCUT2D eigenvalue weighted by molar-refractivity contribution is 9.10. The van der Waals surface area contributed by atoms with E-state index >= 15 is 0 Å². The van der Waals surface area contributed by atoms with Gasteiger partial charge in [-0.3, -0.25) is 14.9 Å². The molecular formula is C17H16BrN3O4. The fraction of sp³-hybridized carbons (Fsp3) is 0.235. The van der Waals surface area contributed by atoms with Crippen LogP contribution in [0.1, 0.15) is 10.4 Å². The first kappa shape index (κ1) is 17.2. The number of amides is 1. The molecule has 7 nitrogen and oxygen atoms in total. The second-order valence-electron chi connectivity index (χ2n) is 5.69. The number of nitrogens with zero attached hydrogens (tertiary/aromatic N) is 3. The van der Waals surface area contributed by atoms with Gasteiger partial charge in [0.2, 0.25) is 0 Å². The number of piperazine rings is 1. The summed E-state index contributed by atoms with van der Waals surface area (Å²) in [5.74, 6) is -0.310. The van der Waals surface area contributed by atoms with Crippen LogP contribution < -0.4 is 4.90 Å². The summed E-state index contributed by atoms with van der Waals surface area (Å²) in [5, 5.41) is 21.1. The van der Waals surface area contributed by atoms with Crippen molar-refractivity contribution in [1.29, 1.82) is 0 Å². The van der Waals surface area contributed by atoms with E-state index in [1.165, 1.54) is 12.1 Å². The lowest BCUT2D eigenvalue weighted by atomic mass is 10.1. The van der Waals surface area contributed by atoms with Crippen molar-refractivity contribution < 1.29 is 14.8 Å². The molecule has 0 radical (unpaired) electrons. The van der Waals surface area contributed by atoms with Crippen LogP contribution in [-0.4, -0.2) is 47.0 Å². The number of phenolic OH excluding ortho intramolecular Hbond substituents is 1. The molecular weight excluding hydrogens is 390 g/mol. The number of halogens is 1. The first-order chi connectivity index (χ1) is 12.0. The van der Waals surface area contributed by atoms with E-state index in [0.717, 1.165) is 0 Å². The monoisotopic (exact) mass is 405 g/mol. The van der Waals surface area contributed by atoms with E-state index in [-0.39, 0.29) is 22.9 Å². The van der Waals surface area contributed by atoms with E-state index in [1.54, 1.807) is 35.2 Å². The molecule has 0 aromatic heterocycles. The molecule has 1 saturated heterocycles. The molecule has 25 heavy (non-hydrogen) atoms. The molecule has 0 spiro atoms. The van der Waals surface area contributed by atoms with E-state index in [9.17, 15) is 20.0 Å². The van der Waals surface area contributed by atoms with Crippen LogP contribution in [0.15, 0.2) is 46.9 Å². The Labute approximate surface area is 152 Å². The number of carbonyl (C=O) groups excluding carboxylic acids is 1. The van der Waals surface area contributed by atoms with Crippen molar-refractivity contribution in [3.8, 4) is 5.75 Å². The highest BCUT2D eigenvalue weighted by Crippen LogP contribution is 2.29. The molecule has 1 fully saturated rings. The Hall–Kier alpha value is -2.61. The molecule has 1 aliphatic rings. The minimum Gasteiger partial charge on any atom is -0.507 e. The lowest BCUT2D eigenvalue weighted by Crippen LogP contribution is -2.49. The van der Waals surface area contributed by atoms with E-state index in [0.29, 0.717) is 36.3 Å². The fourth-order valence-electron chi connectivity index (χ4n) is 2.89. The van der Waals surface area contributed by atoms with Gasteiger partial charge in [0, 0.05) is 36.7 Å². The fourth-order valence-corrected chi connectivity index (χ4v) is 3.25. The van der Waals surface area contributed by atoms with Crippen molar-refractivity contribution in [2.45, 2.75) is 0 Å². The third-order valence-corrected chi connectivity index (χ3v) is 4.67. The number of aromatic hydroxyl groups is 1. The molecule has 0 saturated carbocycles. The van der Waals surface area contributed by atoms with Crippen LogP contribution in [0.4, 0.5) is 11.4 Å². The summed E-state index contributed by atoms with van der Waals surface area (Å²) in [7, 11) is 0. The second-order valence-corrected chi connectivity index (χ2v) is 6.60. The van der Waals surface area contributed by atoms with Gasteiger partial charge < -0.3 is 14.9 Å². The maximum Gasteiger partial charge on any atom is 0.292 e. The van der Waals surface area contributed by atoms with Crippen molar-refractivity contribution in [3.05, 3.63) is 62.6 Å². The van der Waals surface area contributed by atoms with Crippen molar-refractivity contribution in [2.75, 3.05) is 31.1 Å². The zero-order valence-corrected chi connectivity index (χ0v) is 14.8. The van der Waals surface area contributed by atoms with Crippen molar-refractivity contribution in [3.63, 3.8) is 0 Å². The minimum atomic E-state index is -0.396. The van der Waals surface area contributed by atoms with Gasteiger partial charge in [-0.05, 0) is 24.3 Å². The SMILES string of the molecule is O=C(c1cc(Br)ccc1O)N1CCN(c2ccccc2[N+](=O)[O-])CC1. The molecule has 0 unspecified atom stereocenters. The van der Waals surface area contributed by atoms with Gasteiger partial charge in [-0.15, -0.1) is 0 Å². The summed E-state index contributed by atoms with van der Waals surface area (Å²) in [6.07, 6.45) is 0. The number of hydrogen-bond donors (Lipinski definition) is 1. The van der Waals surface area contributed by atoms with Crippen LogP contribution in [0, 0.1) is 10.1 Å². The van der Waals surface area contributed by atoms with Crippen LogP contribution in [0.5, 0.6) is 5.75 Å². The maximum atomic E-state index is 12.6. The molecule has 2 aromatic carbocycles. The molecule has 0 bridgehead atoms. The van der Waals surface area contributed by atoms with Crippen LogP contribution >= 0.6 is 15.9 Å². The normalized spacial score (nSPS) is 14.4. The number of phenols is 1. The molecule has 1 aliphatic heterocycles. The highest BCUT2D eigenvalue weighted by Gasteiger charge is 2.27. The van der Waals surface area contributed by atoms with Crippen molar-refractivity contribution in [2.24, 2.45) is 0 Å². The Morgan fingerprint density at radius 3 is 2.48 bits per heavy atom. The van der Waals surface area contributed by atoms with Crippen molar-refractivity contribution in [1.82, 2.24) is 4.90 Å². The average molecular weight is 406 g/mol. The van der Waals surface area contributed by atoms with Gasteiger partial charge in [-0.1, -0.05) is 28.1 Å². The van der Waals surface area contributed by atoms with E-state index < -0.39 is 4.92 Å². The number of benzene rings is 2. The summed E-state index contributed by atoms with van der Waals surface area (Å²) in [5.41, 5.74) is 0.866. The number of para-hydroxylation sites is 2. The van der Waals surface area contributed by atoms with Gasteiger partial charge in [0.25, 0.3) is 11.6 Å². The summed E-state index contributed by atoms with van der Waals surface area (Å²) < 4.78 is 0.715. The predicted molar refractivity (Wildman–Crippen MR) is 97.0 cm³/mol. The van der Waals surface area contributed by atoms with Crippen LogP contribution in [0.3, 0.4) is 0 Å². The highest BCUT2D eigenvalue weighted by atomic mass is 79.9. The second kappa shape index (κ2) is 7.10. The minimum absolute atomic E-state index is 0.0608. The van der Waals surface area contributed by atoms with Crippen LogP contribution in [0.2, 0.25) is 0 Å². The number of nitro groups is 1. The predicted octanol–water partition coefficient (Wildman–Crippen LogP) is 3.03. The third-order valence-electron chi connectivity index (χ3n) is 4.18. The molecule has 1 amide bonds. The molecule has 1 N–H and O–H groups in total. The Morgan fingerprint density at radius 2 is 1.80 bits per heavy atom. The van der Waals surface area contributed by atoms with Crippen LogP contribution in [0.25, 0.3) is 0 Å². The number of hydrogen-bond acceptors (Lipinski definition) is 5. The Balaban J connectivity index is 1.73. The summed E-state index contributed by atoms with van der Waals surface area (Å²) in [6.45, 7) is 1.84. The number of carbonyl (C=O) groups is 1. The van der Waals surface area contributed by atoms with Gasteiger partial charge in [-0.2, -0.15) is 0 Å². The number of nitro benzene ring substituents is 1. The number of anilines is 1. The lowest BCUT2D eigenvalue weighted by Gasteiger charge is -2.35. The van der Waals surface area contributed by atoms with E-state index in [4.69, 9.17) is 0 Å². The topological polar surface area (TPSA) is 86.9 Å². The molecule has 0 aliphatic carbocycles. The van der Waals surface area contributed by atoms with E-state index in [1.807, 2.05) is 4.90 Å².